The third-order valence-electron chi connectivity index (χ3n) is 3.96. The number of hydrogen-bond donors (Lipinski definition) is 0. The summed E-state index contributed by atoms with van der Waals surface area (Å²) in [5, 5.41) is 0. The maximum absolute atomic E-state index is 11.6. The summed E-state index contributed by atoms with van der Waals surface area (Å²) in [6.07, 6.45) is 3.49. The molecule has 2 rings (SSSR count). The molecule has 120 valence electrons. The maximum Gasteiger partial charge on any atom is 0.222 e. The van der Waals surface area contributed by atoms with Crippen molar-refractivity contribution in [2.75, 3.05) is 59.2 Å². The van der Waals surface area contributed by atoms with Crippen LogP contribution in [0.15, 0.2) is 0 Å². The van der Waals surface area contributed by atoms with Crippen LogP contribution >= 0.6 is 0 Å². The third kappa shape index (κ3) is 6.11. The molecule has 2 aliphatic rings. The Kier molecular flexibility index (Phi) is 7.12. The van der Waals surface area contributed by atoms with Crippen LogP contribution in [-0.2, 0) is 19.1 Å². The summed E-state index contributed by atoms with van der Waals surface area (Å²) in [5.41, 5.74) is 0. The van der Waals surface area contributed by atoms with E-state index >= 15 is 0 Å². The Labute approximate surface area is 126 Å². The predicted octanol–water partition coefficient (Wildman–Crippen LogP) is 0.307. The highest BCUT2D eigenvalue weighted by Crippen LogP contribution is 2.09. The van der Waals surface area contributed by atoms with Crippen molar-refractivity contribution in [3.63, 3.8) is 0 Å². The third-order valence-corrected chi connectivity index (χ3v) is 3.96. The van der Waals surface area contributed by atoms with Crippen molar-refractivity contribution in [2.24, 2.45) is 0 Å². The van der Waals surface area contributed by atoms with E-state index in [-0.39, 0.29) is 5.91 Å². The summed E-state index contributed by atoms with van der Waals surface area (Å²) in [6.45, 7) is 6.15. The molecule has 0 unspecified atom stereocenters. The zero-order chi connectivity index (χ0) is 14.9. The number of carbonyl (C=O) groups is 2. The lowest BCUT2D eigenvalue weighted by atomic mass is 10.1. The summed E-state index contributed by atoms with van der Waals surface area (Å²) in [7, 11) is 0. The molecule has 0 bridgehead atoms. The van der Waals surface area contributed by atoms with Gasteiger partial charge in [0.2, 0.25) is 5.91 Å². The van der Waals surface area contributed by atoms with Crippen molar-refractivity contribution in [1.29, 1.82) is 0 Å². The van der Waals surface area contributed by atoms with Crippen molar-refractivity contribution < 1.29 is 19.1 Å². The first kappa shape index (κ1) is 16.4. The van der Waals surface area contributed by atoms with Gasteiger partial charge in [-0.2, -0.15) is 0 Å². The average molecular weight is 298 g/mol. The standard InChI is InChI=1S/C15H26N2O4/c18-14-4-6-16(13-14)7-9-20-11-12-21-10-8-17-5-2-1-3-15(17)19/h1-13H2. The number of ketones is 1. The summed E-state index contributed by atoms with van der Waals surface area (Å²) in [6, 6.07) is 0. The van der Waals surface area contributed by atoms with Gasteiger partial charge in [-0.05, 0) is 12.8 Å². The quantitative estimate of drug-likeness (QED) is 0.573. The maximum atomic E-state index is 11.6. The predicted molar refractivity (Wildman–Crippen MR) is 78.1 cm³/mol. The topological polar surface area (TPSA) is 59.1 Å². The molecular weight excluding hydrogens is 272 g/mol. The Morgan fingerprint density at radius 3 is 2.29 bits per heavy atom. The molecule has 0 atom stereocenters. The number of nitrogens with zero attached hydrogens (tertiary/aromatic N) is 2. The Bertz CT molecular complexity index is 349. The van der Waals surface area contributed by atoms with Crippen molar-refractivity contribution in [3.05, 3.63) is 0 Å². The second-order valence-electron chi connectivity index (χ2n) is 5.63. The molecule has 2 saturated heterocycles. The number of carbonyl (C=O) groups excluding carboxylic acids is 2. The van der Waals surface area contributed by atoms with Crippen LogP contribution in [0.2, 0.25) is 0 Å². The van der Waals surface area contributed by atoms with Crippen molar-refractivity contribution in [2.45, 2.75) is 25.7 Å². The van der Waals surface area contributed by atoms with Crippen LogP contribution in [0.4, 0.5) is 0 Å². The van der Waals surface area contributed by atoms with Crippen LogP contribution < -0.4 is 0 Å². The van der Waals surface area contributed by atoms with Crippen molar-refractivity contribution >= 4 is 11.7 Å². The van der Waals surface area contributed by atoms with E-state index in [1.165, 1.54) is 0 Å². The molecule has 0 aliphatic carbocycles. The number of likely N-dealkylation sites (tertiary alicyclic amines) is 2. The molecule has 0 aromatic heterocycles. The van der Waals surface area contributed by atoms with Gasteiger partial charge < -0.3 is 14.4 Å². The Morgan fingerprint density at radius 2 is 1.62 bits per heavy atom. The largest absolute Gasteiger partial charge is 0.378 e. The van der Waals surface area contributed by atoms with Crippen LogP contribution in [0.5, 0.6) is 0 Å². The van der Waals surface area contributed by atoms with Crippen LogP contribution in [-0.4, -0.2) is 80.6 Å². The number of amides is 1. The van der Waals surface area contributed by atoms with Gasteiger partial charge in [0.25, 0.3) is 0 Å². The Balaban J connectivity index is 1.38. The highest BCUT2D eigenvalue weighted by atomic mass is 16.5. The highest BCUT2D eigenvalue weighted by Gasteiger charge is 2.18. The van der Waals surface area contributed by atoms with E-state index < -0.39 is 0 Å². The highest BCUT2D eigenvalue weighted by molar-refractivity contribution is 5.82. The van der Waals surface area contributed by atoms with Gasteiger partial charge in [-0.1, -0.05) is 0 Å². The van der Waals surface area contributed by atoms with Gasteiger partial charge in [0.15, 0.2) is 0 Å². The molecule has 0 saturated carbocycles. The van der Waals surface area contributed by atoms with E-state index in [0.29, 0.717) is 58.1 Å². The molecule has 2 fully saturated rings. The second kappa shape index (κ2) is 9.12. The van der Waals surface area contributed by atoms with Crippen molar-refractivity contribution in [1.82, 2.24) is 9.80 Å². The molecule has 6 nitrogen and oxygen atoms in total. The van der Waals surface area contributed by atoms with Crippen molar-refractivity contribution in [3.8, 4) is 0 Å². The van der Waals surface area contributed by atoms with E-state index in [0.717, 1.165) is 32.5 Å². The van der Waals surface area contributed by atoms with Gasteiger partial charge in [0, 0.05) is 39.0 Å². The van der Waals surface area contributed by atoms with Gasteiger partial charge in [-0.25, -0.2) is 0 Å². The lowest BCUT2D eigenvalue weighted by molar-refractivity contribution is -0.134. The minimum Gasteiger partial charge on any atom is -0.378 e. The summed E-state index contributed by atoms with van der Waals surface area (Å²) >= 11 is 0. The molecule has 2 heterocycles. The van der Waals surface area contributed by atoms with Crippen LogP contribution in [0, 0.1) is 0 Å². The molecule has 21 heavy (non-hydrogen) atoms. The lowest BCUT2D eigenvalue weighted by Crippen LogP contribution is -2.37. The minimum absolute atomic E-state index is 0.251. The van der Waals surface area contributed by atoms with E-state index in [9.17, 15) is 9.59 Å². The van der Waals surface area contributed by atoms with E-state index in [1.54, 1.807) is 0 Å². The molecular formula is C15H26N2O4. The zero-order valence-electron chi connectivity index (χ0n) is 12.7. The normalized spacial score (nSPS) is 20.5. The fourth-order valence-electron chi connectivity index (χ4n) is 2.67. The number of Topliss-reactive ketones (excluding diaryl/α,β-unsaturated/α-hetero) is 1. The summed E-state index contributed by atoms with van der Waals surface area (Å²) in [5.74, 6) is 0.576. The van der Waals surface area contributed by atoms with Gasteiger partial charge >= 0.3 is 0 Å². The SMILES string of the molecule is O=C1CCN(CCOCCOCCN2CCCCC2=O)C1. The molecule has 0 aromatic rings. The minimum atomic E-state index is 0.251. The molecule has 1 amide bonds. The number of hydrogen-bond acceptors (Lipinski definition) is 5. The van der Waals surface area contributed by atoms with E-state index in [1.807, 2.05) is 4.90 Å². The molecule has 0 radical (unpaired) electrons. The summed E-state index contributed by atoms with van der Waals surface area (Å²) < 4.78 is 11.0. The zero-order valence-corrected chi connectivity index (χ0v) is 12.7. The second-order valence-corrected chi connectivity index (χ2v) is 5.63. The van der Waals surface area contributed by atoms with Crippen LogP contribution in [0.25, 0.3) is 0 Å². The molecule has 6 heteroatoms. The Morgan fingerprint density at radius 1 is 0.857 bits per heavy atom. The van der Waals surface area contributed by atoms with Crippen LogP contribution in [0.3, 0.4) is 0 Å². The monoisotopic (exact) mass is 298 g/mol. The first-order valence-electron chi connectivity index (χ1n) is 7.93. The molecule has 0 spiro atoms. The lowest BCUT2D eigenvalue weighted by Gasteiger charge is -2.26. The van der Waals surface area contributed by atoms with Gasteiger partial charge in [0.05, 0.1) is 33.0 Å². The molecule has 0 aromatic carbocycles. The fourth-order valence-corrected chi connectivity index (χ4v) is 2.67. The molecule has 0 N–H and O–H groups in total. The first-order valence-corrected chi connectivity index (χ1v) is 7.93. The average Bonchev–Trinajstić information content (AvgIpc) is 2.89. The molecule has 2 aliphatic heterocycles. The summed E-state index contributed by atoms with van der Waals surface area (Å²) in [4.78, 5) is 26.6. The smallest absolute Gasteiger partial charge is 0.222 e. The van der Waals surface area contributed by atoms with Gasteiger partial charge in [0.1, 0.15) is 5.78 Å². The first-order chi connectivity index (χ1) is 10.3. The van der Waals surface area contributed by atoms with Gasteiger partial charge in [-0.15, -0.1) is 0 Å². The van der Waals surface area contributed by atoms with E-state index in [2.05, 4.69) is 4.90 Å². The fraction of sp³-hybridized carbons (Fsp3) is 0.867. The van der Waals surface area contributed by atoms with Crippen LogP contribution in [0.1, 0.15) is 25.7 Å². The number of rotatable bonds is 9. The number of piperidine rings is 1. The Hall–Kier alpha value is -0.980. The number of ether oxygens (including phenoxy) is 2. The van der Waals surface area contributed by atoms with Gasteiger partial charge in [-0.3, -0.25) is 14.5 Å². The van der Waals surface area contributed by atoms with E-state index in [4.69, 9.17) is 9.47 Å².